The Hall–Kier alpha value is -2.12. The number of hydrogen-bond donors (Lipinski definition) is 3. The van der Waals surface area contributed by atoms with E-state index in [1.807, 2.05) is 0 Å². The van der Waals surface area contributed by atoms with Crippen LogP contribution in [-0.4, -0.2) is 30.9 Å². The summed E-state index contributed by atoms with van der Waals surface area (Å²) in [7, 11) is 0. The molecule has 1 aliphatic rings. The zero-order valence-electron chi connectivity index (χ0n) is 13.0. The smallest absolute Gasteiger partial charge is 0.291 e. The van der Waals surface area contributed by atoms with Gasteiger partial charge in [-0.15, -0.1) is 0 Å². The highest BCUT2D eigenvalue weighted by molar-refractivity contribution is 9.10. The van der Waals surface area contributed by atoms with Crippen molar-refractivity contribution in [2.75, 3.05) is 18.4 Å². The molecule has 0 saturated carbocycles. The fraction of sp³-hybridized carbons (Fsp3) is 0.294. The third-order valence-electron chi connectivity index (χ3n) is 3.83. The van der Waals surface area contributed by atoms with Crippen LogP contribution in [0.5, 0.6) is 0 Å². The van der Waals surface area contributed by atoms with Crippen molar-refractivity contribution in [2.24, 2.45) is 0 Å². The van der Waals surface area contributed by atoms with Gasteiger partial charge in [0.1, 0.15) is 0 Å². The average Bonchev–Trinajstić information content (AvgIpc) is 3.03. The second-order valence-electron chi connectivity index (χ2n) is 5.65. The summed E-state index contributed by atoms with van der Waals surface area (Å²) in [6.07, 6.45) is 2.06. The van der Waals surface area contributed by atoms with Crippen molar-refractivity contribution in [3.63, 3.8) is 0 Å². The Kier molecular flexibility index (Phi) is 5.32. The zero-order chi connectivity index (χ0) is 16.9. The molecule has 1 aromatic carbocycles. The molecule has 2 amide bonds. The van der Waals surface area contributed by atoms with Crippen molar-refractivity contribution in [2.45, 2.75) is 18.9 Å². The van der Waals surface area contributed by atoms with Crippen LogP contribution in [0.4, 0.5) is 5.69 Å². The van der Waals surface area contributed by atoms with Gasteiger partial charge in [-0.1, -0.05) is 0 Å². The minimum Gasteiger partial charge on any atom is -0.444 e. The summed E-state index contributed by atoms with van der Waals surface area (Å²) >= 11 is 3.16. The number of amides is 2. The van der Waals surface area contributed by atoms with Gasteiger partial charge in [0.15, 0.2) is 10.4 Å². The van der Waals surface area contributed by atoms with Crippen molar-refractivity contribution in [3.8, 4) is 0 Å². The molecule has 0 spiro atoms. The lowest BCUT2D eigenvalue weighted by Gasteiger charge is -2.23. The highest BCUT2D eigenvalue weighted by atomic mass is 79.9. The Morgan fingerprint density at radius 3 is 2.54 bits per heavy atom. The first-order valence-corrected chi connectivity index (χ1v) is 8.59. The molecule has 1 aromatic heterocycles. The van der Waals surface area contributed by atoms with Crippen LogP contribution in [0.25, 0.3) is 0 Å². The molecule has 1 atom stereocenters. The maximum absolute atomic E-state index is 12.2. The van der Waals surface area contributed by atoms with E-state index >= 15 is 0 Å². The summed E-state index contributed by atoms with van der Waals surface area (Å²) < 4.78 is 5.70. The second kappa shape index (κ2) is 7.63. The van der Waals surface area contributed by atoms with Crippen LogP contribution in [0.1, 0.15) is 33.8 Å². The molecular weight excluding hydrogens is 374 g/mol. The van der Waals surface area contributed by atoms with Gasteiger partial charge in [0.2, 0.25) is 0 Å². The monoisotopic (exact) mass is 391 g/mol. The maximum Gasteiger partial charge on any atom is 0.291 e. The standard InChI is InChI=1S/C17H18BrN3O3/c18-15-8-7-14(24-15)17(23)20-12-5-3-11(4-6-12)16(22)21-13-2-1-9-19-10-13/h3-8,13,19H,1-2,9-10H2,(H,20,23)(H,21,22). The quantitative estimate of drug-likeness (QED) is 0.747. The summed E-state index contributed by atoms with van der Waals surface area (Å²) in [5.41, 5.74) is 1.17. The van der Waals surface area contributed by atoms with E-state index in [1.165, 1.54) is 0 Å². The highest BCUT2D eigenvalue weighted by Gasteiger charge is 2.16. The Bertz CT molecular complexity index is 721. The van der Waals surface area contributed by atoms with Crippen LogP contribution in [0, 0.1) is 0 Å². The lowest BCUT2D eigenvalue weighted by molar-refractivity contribution is 0.0930. The lowest BCUT2D eigenvalue weighted by Crippen LogP contribution is -2.45. The number of carbonyl (C=O) groups is 2. The lowest BCUT2D eigenvalue weighted by atomic mass is 10.1. The molecule has 1 unspecified atom stereocenters. The molecule has 2 aromatic rings. The molecule has 6 nitrogen and oxygen atoms in total. The molecule has 3 N–H and O–H groups in total. The van der Waals surface area contributed by atoms with E-state index in [0.717, 1.165) is 25.9 Å². The number of furan rings is 1. The van der Waals surface area contributed by atoms with Crippen molar-refractivity contribution < 1.29 is 14.0 Å². The van der Waals surface area contributed by atoms with Crippen LogP contribution in [0.3, 0.4) is 0 Å². The Morgan fingerprint density at radius 1 is 1.12 bits per heavy atom. The van der Waals surface area contributed by atoms with Gasteiger partial charge in [0, 0.05) is 23.8 Å². The molecule has 1 aliphatic heterocycles. The van der Waals surface area contributed by atoms with Crippen LogP contribution in [-0.2, 0) is 0 Å². The summed E-state index contributed by atoms with van der Waals surface area (Å²) in [5, 5.41) is 9.00. The van der Waals surface area contributed by atoms with Crippen LogP contribution < -0.4 is 16.0 Å². The van der Waals surface area contributed by atoms with E-state index in [1.54, 1.807) is 36.4 Å². The third kappa shape index (κ3) is 4.24. The van der Waals surface area contributed by atoms with E-state index in [9.17, 15) is 9.59 Å². The number of halogens is 1. The minimum absolute atomic E-state index is 0.100. The Morgan fingerprint density at radius 2 is 1.92 bits per heavy atom. The van der Waals surface area contributed by atoms with Crippen LogP contribution >= 0.6 is 15.9 Å². The van der Waals surface area contributed by atoms with Gasteiger partial charge in [-0.3, -0.25) is 9.59 Å². The summed E-state index contributed by atoms with van der Waals surface area (Å²) in [6.45, 7) is 1.81. The Labute approximate surface area is 148 Å². The van der Waals surface area contributed by atoms with E-state index in [0.29, 0.717) is 15.9 Å². The summed E-state index contributed by atoms with van der Waals surface area (Å²) in [4.78, 5) is 24.2. The van der Waals surface area contributed by atoms with E-state index in [-0.39, 0.29) is 23.6 Å². The SMILES string of the molecule is O=C(NC1CCCNC1)c1ccc(NC(=O)c2ccc(Br)o2)cc1. The van der Waals surface area contributed by atoms with E-state index in [4.69, 9.17) is 4.42 Å². The largest absolute Gasteiger partial charge is 0.444 e. The number of hydrogen-bond acceptors (Lipinski definition) is 4. The number of benzene rings is 1. The predicted octanol–water partition coefficient (Wildman–Crippen LogP) is 2.78. The molecule has 126 valence electrons. The van der Waals surface area contributed by atoms with Gasteiger partial charge in [0.25, 0.3) is 11.8 Å². The van der Waals surface area contributed by atoms with Gasteiger partial charge < -0.3 is 20.4 Å². The molecule has 3 rings (SSSR count). The number of carbonyl (C=O) groups excluding carboxylic acids is 2. The molecule has 1 fully saturated rings. The van der Waals surface area contributed by atoms with Crippen molar-refractivity contribution in [1.82, 2.24) is 10.6 Å². The molecule has 0 aliphatic carbocycles. The molecule has 0 bridgehead atoms. The number of piperidine rings is 1. The topological polar surface area (TPSA) is 83.4 Å². The minimum atomic E-state index is -0.341. The van der Waals surface area contributed by atoms with Crippen molar-refractivity contribution >= 4 is 33.4 Å². The summed E-state index contributed by atoms with van der Waals surface area (Å²) in [5.74, 6) is -0.226. The van der Waals surface area contributed by atoms with Gasteiger partial charge in [0.05, 0.1) is 0 Å². The third-order valence-corrected chi connectivity index (χ3v) is 4.26. The Balaban J connectivity index is 1.58. The van der Waals surface area contributed by atoms with E-state index in [2.05, 4.69) is 31.9 Å². The predicted molar refractivity (Wildman–Crippen MR) is 94.2 cm³/mol. The number of rotatable bonds is 4. The van der Waals surface area contributed by atoms with E-state index < -0.39 is 0 Å². The molecule has 0 radical (unpaired) electrons. The van der Waals surface area contributed by atoms with Crippen LogP contribution in [0.2, 0.25) is 0 Å². The maximum atomic E-state index is 12.2. The first-order valence-electron chi connectivity index (χ1n) is 7.80. The van der Waals surface area contributed by atoms with Crippen molar-refractivity contribution in [1.29, 1.82) is 0 Å². The summed E-state index contributed by atoms with van der Waals surface area (Å²) in [6, 6.07) is 10.2. The van der Waals surface area contributed by atoms with Gasteiger partial charge in [-0.05, 0) is 71.7 Å². The first-order chi connectivity index (χ1) is 11.6. The fourth-order valence-corrected chi connectivity index (χ4v) is 2.88. The first kappa shape index (κ1) is 16.7. The fourth-order valence-electron chi connectivity index (χ4n) is 2.58. The molecule has 1 saturated heterocycles. The van der Waals surface area contributed by atoms with Gasteiger partial charge in [-0.25, -0.2) is 0 Å². The highest BCUT2D eigenvalue weighted by Crippen LogP contribution is 2.16. The normalized spacial score (nSPS) is 17.3. The van der Waals surface area contributed by atoms with Crippen LogP contribution in [0.15, 0.2) is 45.5 Å². The zero-order valence-corrected chi connectivity index (χ0v) is 14.6. The number of nitrogens with one attached hydrogen (secondary N) is 3. The molecule has 2 heterocycles. The van der Waals surface area contributed by atoms with Gasteiger partial charge in [-0.2, -0.15) is 0 Å². The number of anilines is 1. The van der Waals surface area contributed by atoms with Gasteiger partial charge >= 0.3 is 0 Å². The van der Waals surface area contributed by atoms with Crippen molar-refractivity contribution in [3.05, 3.63) is 52.4 Å². The molecule has 24 heavy (non-hydrogen) atoms. The molecular formula is C17H18BrN3O3. The molecule has 7 heteroatoms. The average molecular weight is 392 g/mol. The second-order valence-corrected chi connectivity index (χ2v) is 6.43.